The summed E-state index contributed by atoms with van der Waals surface area (Å²) in [5, 5.41) is 0.270. The van der Waals surface area contributed by atoms with E-state index >= 15 is 0 Å². The summed E-state index contributed by atoms with van der Waals surface area (Å²) in [6, 6.07) is 13.4. The normalized spacial score (nSPS) is 12.2. The van der Waals surface area contributed by atoms with Crippen molar-refractivity contribution in [1.29, 1.82) is 0 Å². The molecule has 2 aromatic rings. The highest BCUT2D eigenvalue weighted by atomic mass is 35.5. The molecule has 20 heavy (non-hydrogen) atoms. The fraction of sp³-hybridized carbons (Fsp3) is 0.188. The molecule has 0 saturated heterocycles. The molecule has 2 rings (SSSR count). The van der Waals surface area contributed by atoms with Crippen LogP contribution in [-0.2, 0) is 11.2 Å². The van der Waals surface area contributed by atoms with Crippen LogP contribution in [-0.4, -0.2) is 5.78 Å². The van der Waals surface area contributed by atoms with E-state index in [9.17, 15) is 9.18 Å². The highest BCUT2D eigenvalue weighted by Crippen LogP contribution is 2.21. The Kier molecular flexibility index (Phi) is 4.88. The minimum Gasteiger partial charge on any atom is -0.324 e. The van der Waals surface area contributed by atoms with E-state index in [4.69, 9.17) is 17.3 Å². The summed E-state index contributed by atoms with van der Waals surface area (Å²) in [6.07, 6.45) is 0.126. The van der Waals surface area contributed by atoms with Gasteiger partial charge in [-0.25, -0.2) is 4.39 Å². The van der Waals surface area contributed by atoms with E-state index in [-0.39, 0.29) is 35.3 Å². The molecule has 104 valence electrons. The van der Waals surface area contributed by atoms with Crippen molar-refractivity contribution in [2.24, 2.45) is 5.73 Å². The van der Waals surface area contributed by atoms with E-state index in [2.05, 4.69) is 0 Å². The molecule has 0 amide bonds. The Labute approximate surface area is 122 Å². The molecule has 0 aliphatic carbocycles. The van der Waals surface area contributed by atoms with Gasteiger partial charge in [-0.2, -0.15) is 0 Å². The van der Waals surface area contributed by atoms with Crippen LogP contribution in [0.4, 0.5) is 4.39 Å². The monoisotopic (exact) mass is 291 g/mol. The maximum Gasteiger partial charge on any atom is 0.139 e. The predicted octanol–water partition coefficient (Wildman–Crippen LogP) is 3.68. The highest BCUT2D eigenvalue weighted by Gasteiger charge is 2.15. The summed E-state index contributed by atoms with van der Waals surface area (Å²) in [6.45, 7) is 0. The Balaban J connectivity index is 2.03. The topological polar surface area (TPSA) is 43.1 Å². The molecule has 0 saturated carbocycles. The predicted molar refractivity (Wildman–Crippen MR) is 78.1 cm³/mol. The van der Waals surface area contributed by atoms with Crippen molar-refractivity contribution in [3.63, 3.8) is 0 Å². The molecule has 0 radical (unpaired) electrons. The summed E-state index contributed by atoms with van der Waals surface area (Å²) >= 11 is 5.90. The first-order chi connectivity index (χ1) is 9.58. The summed E-state index contributed by atoms with van der Waals surface area (Å²) in [7, 11) is 0. The first-order valence-electron chi connectivity index (χ1n) is 6.33. The van der Waals surface area contributed by atoms with Gasteiger partial charge in [-0.15, -0.1) is 0 Å². The summed E-state index contributed by atoms with van der Waals surface area (Å²) < 4.78 is 13.6. The third kappa shape index (κ3) is 3.65. The van der Waals surface area contributed by atoms with Gasteiger partial charge in [0, 0.05) is 29.5 Å². The highest BCUT2D eigenvalue weighted by molar-refractivity contribution is 6.31. The van der Waals surface area contributed by atoms with Crippen molar-refractivity contribution in [3.8, 4) is 0 Å². The van der Waals surface area contributed by atoms with Gasteiger partial charge in [0.05, 0.1) is 0 Å². The standard InChI is InChI=1S/C16H15ClFNO/c17-14-7-4-8-15(18)13(14)9-12(20)10-16(19)11-5-2-1-3-6-11/h1-8,16H,9-10,19H2. The van der Waals surface area contributed by atoms with Crippen LogP contribution in [0, 0.1) is 5.82 Å². The Hall–Kier alpha value is -1.71. The molecule has 0 heterocycles. The van der Waals surface area contributed by atoms with Gasteiger partial charge in [0.2, 0.25) is 0 Å². The molecule has 0 fully saturated rings. The number of benzene rings is 2. The van der Waals surface area contributed by atoms with Crippen molar-refractivity contribution in [1.82, 2.24) is 0 Å². The third-order valence-electron chi connectivity index (χ3n) is 3.11. The van der Waals surface area contributed by atoms with Crippen LogP contribution in [0.5, 0.6) is 0 Å². The van der Waals surface area contributed by atoms with Crippen molar-refractivity contribution in [2.75, 3.05) is 0 Å². The molecule has 0 bridgehead atoms. The number of hydrogen-bond donors (Lipinski definition) is 1. The van der Waals surface area contributed by atoms with Crippen molar-refractivity contribution >= 4 is 17.4 Å². The number of nitrogens with two attached hydrogens (primary N) is 1. The van der Waals surface area contributed by atoms with E-state index in [1.165, 1.54) is 12.1 Å². The first-order valence-corrected chi connectivity index (χ1v) is 6.71. The lowest BCUT2D eigenvalue weighted by Gasteiger charge is -2.11. The van der Waals surface area contributed by atoms with Gasteiger partial charge >= 0.3 is 0 Å². The second-order valence-corrected chi connectivity index (χ2v) is 5.04. The van der Waals surface area contributed by atoms with Crippen LogP contribution >= 0.6 is 11.6 Å². The first kappa shape index (κ1) is 14.7. The van der Waals surface area contributed by atoms with E-state index in [1.54, 1.807) is 6.07 Å². The van der Waals surface area contributed by atoms with Crippen molar-refractivity contribution in [3.05, 3.63) is 70.5 Å². The van der Waals surface area contributed by atoms with Gasteiger partial charge < -0.3 is 5.73 Å². The van der Waals surface area contributed by atoms with E-state index in [1.807, 2.05) is 30.3 Å². The number of Topliss-reactive ketones (excluding diaryl/α,β-unsaturated/α-hetero) is 1. The number of halogens is 2. The lowest BCUT2D eigenvalue weighted by molar-refractivity contribution is -0.118. The molecular weight excluding hydrogens is 277 g/mol. The number of carbonyl (C=O) groups is 1. The molecule has 0 aromatic heterocycles. The summed E-state index contributed by atoms with van der Waals surface area (Å²) in [5.41, 5.74) is 7.10. The lowest BCUT2D eigenvalue weighted by atomic mass is 9.98. The average Bonchev–Trinajstić information content (AvgIpc) is 2.44. The Morgan fingerprint density at radius 3 is 2.50 bits per heavy atom. The molecule has 0 aliphatic heterocycles. The second-order valence-electron chi connectivity index (χ2n) is 4.64. The zero-order valence-corrected chi connectivity index (χ0v) is 11.6. The number of rotatable bonds is 5. The largest absolute Gasteiger partial charge is 0.324 e. The van der Waals surface area contributed by atoms with E-state index < -0.39 is 5.82 Å². The Morgan fingerprint density at radius 1 is 1.15 bits per heavy atom. The fourth-order valence-electron chi connectivity index (χ4n) is 2.03. The van der Waals surface area contributed by atoms with Crippen LogP contribution in [0.1, 0.15) is 23.6 Å². The maximum atomic E-state index is 13.6. The van der Waals surface area contributed by atoms with Crippen LogP contribution in [0.3, 0.4) is 0 Å². The molecule has 0 aliphatic rings. The van der Waals surface area contributed by atoms with Gasteiger partial charge in [-0.3, -0.25) is 4.79 Å². The van der Waals surface area contributed by atoms with Crippen LogP contribution in [0.25, 0.3) is 0 Å². The molecule has 1 unspecified atom stereocenters. The number of ketones is 1. The van der Waals surface area contributed by atoms with Gasteiger partial charge in [-0.1, -0.05) is 48.0 Å². The molecule has 2 N–H and O–H groups in total. The van der Waals surface area contributed by atoms with Crippen molar-refractivity contribution in [2.45, 2.75) is 18.9 Å². The minimum atomic E-state index is -0.459. The van der Waals surface area contributed by atoms with Gasteiger partial charge in [0.25, 0.3) is 0 Å². The van der Waals surface area contributed by atoms with Gasteiger partial charge in [-0.05, 0) is 17.7 Å². The molecular formula is C16H15ClFNO. The summed E-state index contributed by atoms with van der Waals surface area (Å²) in [4.78, 5) is 12.0. The maximum absolute atomic E-state index is 13.6. The SMILES string of the molecule is NC(CC(=O)Cc1c(F)cccc1Cl)c1ccccc1. The summed E-state index contributed by atoms with van der Waals surface area (Å²) in [5.74, 6) is -0.590. The molecule has 0 spiro atoms. The lowest BCUT2D eigenvalue weighted by Crippen LogP contribution is -2.17. The molecule has 2 aromatic carbocycles. The zero-order valence-electron chi connectivity index (χ0n) is 10.9. The minimum absolute atomic E-state index is 0.0357. The average molecular weight is 292 g/mol. The fourth-order valence-corrected chi connectivity index (χ4v) is 2.26. The quantitative estimate of drug-likeness (QED) is 0.913. The van der Waals surface area contributed by atoms with Crippen LogP contribution in [0.2, 0.25) is 5.02 Å². The van der Waals surface area contributed by atoms with Gasteiger partial charge in [0.1, 0.15) is 11.6 Å². The van der Waals surface area contributed by atoms with Crippen LogP contribution < -0.4 is 5.73 Å². The van der Waals surface area contributed by atoms with Gasteiger partial charge in [0.15, 0.2) is 0 Å². The molecule has 2 nitrogen and oxygen atoms in total. The third-order valence-corrected chi connectivity index (χ3v) is 3.47. The Bertz CT molecular complexity index is 580. The van der Waals surface area contributed by atoms with E-state index in [0.29, 0.717) is 0 Å². The van der Waals surface area contributed by atoms with Crippen molar-refractivity contribution < 1.29 is 9.18 Å². The smallest absolute Gasteiger partial charge is 0.139 e. The molecule has 4 heteroatoms. The Morgan fingerprint density at radius 2 is 1.85 bits per heavy atom. The van der Waals surface area contributed by atoms with Crippen LogP contribution in [0.15, 0.2) is 48.5 Å². The zero-order chi connectivity index (χ0) is 14.5. The molecule has 1 atom stereocenters. The van der Waals surface area contributed by atoms with E-state index in [0.717, 1.165) is 5.56 Å². The second kappa shape index (κ2) is 6.64. The number of hydrogen-bond acceptors (Lipinski definition) is 2. The number of carbonyl (C=O) groups excluding carboxylic acids is 1.